The Labute approximate surface area is 714 Å². The molecular weight excluding hydrogens is 1590 g/mol. The summed E-state index contributed by atoms with van der Waals surface area (Å²) < 4.78 is 45.8. The van der Waals surface area contributed by atoms with Gasteiger partial charge in [0.1, 0.15) is 31.3 Å². The van der Waals surface area contributed by atoms with Crippen molar-refractivity contribution in [1.29, 1.82) is 0 Å². The molecule has 3 fully saturated rings. The summed E-state index contributed by atoms with van der Waals surface area (Å²) in [5, 5.41) is 11.2. The molecule has 33 nitrogen and oxygen atoms in total. The van der Waals surface area contributed by atoms with Crippen molar-refractivity contribution in [3.05, 3.63) is 200 Å². The molecule has 0 bridgehead atoms. The molecule has 3 saturated heterocycles. The van der Waals surface area contributed by atoms with Crippen molar-refractivity contribution in [1.82, 2.24) is 53.4 Å². The molecule has 7 amide bonds. The van der Waals surface area contributed by atoms with E-state index >= 15 is 0 Å². The minimum atomic E-state index is -0.917. The molecule has 0 radical (unpaired) electrons. The molecule has 0 aliphatic carbocycles. The van der Waals surface area contributed by atoms with Crippen LogP contribution >= 0.6 is 0 Å². The average Bonchev–Trinajstić information content (AvgIpc) is 1.60. The number of nitrogens with two attached hydrogens (primary N) is 2. The Bertz CT molecular complexity index is 5940. The molecule has 11 N–H and O–H groups in total. The number of amides is 7. The molecule has 0 saturated carbocycles. The lowest BCUT2D eigenvalue weighted by molar-refractivity contribution is -0.195. The Hall–Kier alpha value is -14.2. The number of H-pyrrole nitrogens is 3. The molecule has 6 aromatic heterocycles. The number of nitrogens with one attached hydrogen (secondary N) is 7. The number of nitrogen functional groups attached to an aromatic ring is 2. The number of halogens is 1. The smallest absolute Gasteiger partial charge is 0.416 e. The van der Waals surface area contributed by atoms with E-state index in [-0.39, 0.29) is 74.9 Å². The maximum atomic E-state index is 14.1. The predicted molar refractivity (Wildman–Crippen MR) is 468 cm³/mol. The van der Waals surface area contributed by atoms with Gasteiger partial charge in [0.05, 0.1) is 115 Å². The molecule has 34 heteroatoms. The molecule has 4 unspecified atom stereocenters. The molecule has 640 valence electrons. The zero-order valence-corrected chi connectivity index (χ0v) is 69.6. The van der Waals surface area contributed by atoms with Crippen LogP contribution in [0.3, 0.4) is 0 Å². The fraction of sp³-hybridized carbons (Fsp3) is 0.292. The molecule has 5 aromatic carbocycles. The van der Waals surface area contributed by atoms with E-state index in [2.05, 4.69) is 89.1 Å². The third-order valence-electron chi connectivity index (χ3n) is 20.9. The number of aliphatic imine (C=N–C) groups is 1. The number of ether oxygens (including phenoxy) is 7. The summed E-state index contributed by atoms with van der Waals surface area (Å²) in [6, 6.07) is 28.2. The second kappa shape index (κ2) is 38.5. The number of imidazole rings is 3. The Balaban J connectivity index is 0.000000174. The van der Waals surface area contributed by atoms with Gasteiger partial charge in [0.2, 0.25) is 11.8 Å². The summed E-state index contributed by atoms with van der Waals surface area (Å²) in [5.74, 6) is 2.52. The molecule has 11 aromatic rings. The fourth-order valence-electron chi connectivity index (χ4n) is 15.1. The molecule has 4 atom stereocenters. The first-order valence-corrected chi connectivity index (χ1v) is 39.9. The third kappa shape index (κ3) is 20.3. The van der Waals surface area contributed by atoms with Gasteiger partial charge < -0.3 is 106 Å². The molecule has 16 rings (SSSR count). The molecule has 0 spiro atoms. The average molecular weight is 1690 g/mol. The van der Waals surface area contributed by atoms with E-state index in [0.29, 0.717) is 161 Å². The van der Waals surface area contributed by atoms with Crippen molar-refractivity contribution in [2.75, 3.05) is 90.4 Å². The number of hydrogen-bond acceptors (Lipinski definition) is 20. The number of anilines is 7. The zero-order valence-electron chi connectivity index (χ0n) is 68.9. The van der Waals surface area contributed by atoms with Gasteiger partial charge in [-0.2, -0.15) is 0 Å². The highest BCUT2D eigenvalue weighted by molar-refractivity contribution is 6.07. The van der Waals surface area contributed by atoms with Gasteiger partial charge in [-0.3, -0.25) is 34.8 Å². The summed E-state index contributed by atoms with van der Waals surface area (Å²) >= 11 is 0. The lowest BCUT2D eigenvalue weighted by Gasteiger charge is -2.38. The van der Waals surface area contributed by atoms with Gasteiger partial charge in [0.25, 0.3) is 11.8 Å². The summed E-state index contributed by atoms with van der Waals surface area (Å²) in [7, 11) is 5.66. The minimum absolute atomic E-state index is 0. The summed E-state index contributed by atoms with van der Waals surface area (Å²) in [5.41, 5.74) is 27.9. The first-order chi connectivity index (χ1) is 58.8. The Morgan fingerprint density at radius 3 is 1.62 bits per heavy atom. The lowest BCUT2D eigenvalue weighted by Crippen LogP contribution is -3.00. The maximum absolute atomic E-state index is 14.1. The van der Waals surface area contributed by atoms with Crippen LogP contribution in [-0.2, 0) is 54.4 Å². The van der Waals surface area contributed by atoms with Crippen LogP contribution in [0.1, 0.15) is 89.6 Å². The number of aromatic nitrogens is 9. The molecule has 5 aliphatic heterocycles. The largest absolute Gasteiger partial charge is 1.00 e. The zero-order chi connectivity index (χ0) is 86.0. The monoisotopic (exact) mass is 1690 g/mol. The number of carbonyl (C=O) groups excluding carboxylic acids is 7. The predicted octanol–water partition coefficient (Wildman–Crippen LogP) is 11.8. The summed E-state index contributed by atoms with van der Waals surface area (Å²) in [6.07, 6.45) is 13.6. The van der Waals surface area contributed by atoms with Crippen LogP contribution < -0.4 is 59.5 Å². The summed E-state index contributed by atoms with van der Waals surface area (Å²) in [4.78, 5) is 123. The van der Waals surface area contributed by atoms with E-state index in [1.54, 1.807) is 53.6 Å². The standard InChI is InChI=1S/C43H49N7O9.C30H31N7O3.C16H17N5O2.ClH/c1-6-15-57-42(53)45-28-13-14-31-32(21-28)47-39(46-31)34-22-29(25-48(34)5)44-37(51)11-10-18-55-36-23-33-30(20-27(36)4)40(52)49-24-26(3)19-35(49)41(50(33)43(54)58-16-7-2)59-38-12-8-9-17-56-38;1-17-9-21-14-32-24-13-27(18(2)10-22(24)30(39)37(21)15-17)40-8-4-5-28(38)33-20-12-26(36(3)16-20)29-34-23-7-6-19(31)11-25(23)35-29;1-3-6-23-16(22)18-11-4-5-12-13(8-11)20-15(19-12)14-7-10(17)9-21(14)2;/h6-7,13-14,20-23,25,35,38,41H,1-3,8-12,15-19,24H2,4-5H3,(H,44,51)(H,45,53)(H,46,47);6-7,10-14,16,21H,1,4-5,8-9,15,31H2,2-3H3,(H,33,38)(H,34,35);3-5,7-9H,1,6,17H2,2H3,(H,18,22)(H,19,20);1H/p-1. The quantitative estimate of drug-likeness (QED) is 0.0111. The van der Waals surface area contributed by atoms with Gasteiger partial charge in [-0.25, -0.2) is 34.2 Å². The van der Waals surface area contributed by atoms with Gasteiger partial charge in [0.15, 0.2) is 30.0 Å². The highest BCUT2D eigenvalue weighted by Gasteiger charge is 2.49. The van der Waals surface area contributed by atoms with Crippen LogP contribution in [0.25, 0.3) is 67.7 Å². The van der Waals surface area contributed by atoms with Crippen LogP contribution in [0.5, 0.6) is 11.5 Å². The normalized spacial score (nSPS) is 16.3. The first kappa shape index (κ1) is 86.7. The van der Waals surface area contributed by atoms with E-state index in [4.69, 9.17) is 44.6 Å². The SMILES string of the molecule is C=C1CC2C=Nc3cc(OCCCC(=O)Nc4cc(-c5nc6ccc(N)cc6[nH]5)n(C)c4)c(C)cc3C(=O)N2C1.C=CCOC(=O)Nc1ccc2nc(-c3cc(N)cn3C)[nH]c2c1.C=CCOC(=O)Nc1ccc2nc(-c3cc(NC(=O)CCCOc4cc5c(cc4C)C(=O)N4CC(=C)CC4C(OC4CCCCO4)N5C(=O)OCC=C)cn3C)[nH]c2c1.[Cl-]. The van der Waals surface area contributed by atoms with Gasteiger partial charge in [-0.05, 0) is 155 Å². The Morgan fingerprint density at radius 1 is 0.569 bits per heavy atom. The summed E-state index contributed by atoms with van der Waals surface area (Å²) in [6.45, 7) is 24.8. The lowest BCUT2D eigenvalue weighted by atomic mass is 10.1. The van der Waals surface area contributed by atoms with E-state index < -0.39 is 36.8 Å². The first-order valence-electron chi connectivity index (χ1n) is 39.9. The van der Waals surface area contributed by atoms with Crippen molar-refractivity contribution < 1.29 is 79.1 Å². The van der Waals surface area contributed by atoms with Gasteiger partial charge in [-0.1, -0.05) is 62.3 Å². The molecular formula is C89H97ClN19O14-. The fourth-order valence-corrected chi connectivity index (χ4v) is 15.1. The van der Waals surface area contributed by atoms with Crippen molar-refractivity contribution in [3.63, 3.8) is 0 Å². The second-order valence-corrected chi connectivity index (χ2v) is 30.3. The van der Waals surface area contributed by atoms with Gasteiger partial charge in [-0.15, -0.1) is 0 Å². The number of rotatable bonds is 25. The number of hydrogen-bond donors (Lipinski definition) is 9. The molecule has 11 heterocycles. The van der Waals surface area contributed by atoms with Crippen LogP contribution in [0, 0.1) is 13.8 Å². The molecule has 123 heavy (non-hydrogen) atoms. The number of fused-ring (bicyclic) bond motifs is 7. The van der Waals surface area contributed by atoms with Gasteiger partial charge >= 0.3 is 18.3 Å². The topological polar surface area (TPSA) is 407 Å². The minimum Gasteiger partial charge on any atom is -1.00 e. The van der Waals surface area contributed by atoms with Crippen molar-refractivity contribution in [2.24, 2.45) is 26.1 Å². The second-order valence-electron chi connectivity index (χ2n) is 30.3. The van der Waals surface area contributed by atoms with Crippen molar-refractivity contribution in [3.8, 4) is 46.1 Å². The third-order valence-corrected chi connectivity index (χ3v) is 20.9. The van der Waals surface area contributed by atoms with E-state index in [1.807, 2.05) is 127 Å². The Morgan fingerprint density at radius 2 is 1.07 bits per heavy atom. The van der Waals surface area contributed by atoms with Crippen molar-refractivity contribution in [2.45, 2.75) is 96.2 Å². The number of carbonyl (C=O) groups is 7. The Kier molecular flexibility index (Phi) is 27.1. The number of aryl methyl sites for hydroxylation is 5. The number of aromatic amines is 3. The highest BCUT2D eigenvalue weighted by atomic mass is 35.5. The highest BCUT2D eigenvalue weighted by Crippen LogP contribution is 2.43. The number of benzene rings is 5. The van der Waals surface area contributed by atoms with Crippen LogP contribution in [0.4, 0.5) is 59.9 Å². The van der Waals surface area contributed by atoms with E-state index in [0.717, 1.165) is 75.1 Å². The maximum Gasteiger partial charge on any atom is 0.416 e. The van der Waals surface area contributed by atoms with Crippen LogP contribution in [0.2, 0.25) is 0 Å². The number of nitrogens with zero attached hydrogens (tertiary/aromatic N) is 10. The van der Waals surface area contributed by atoms with Crippen molar-refractivity contribution >= 4 is 127 Å². The molecule has 5 aliphatic rings. The van der Waals surface area contributed by atoms with E-state index in [1.165, 1.54) is 23.1 Å². The van der Waals surface area contributed by atoms with E-state index in [9.17, 15) is 33.6 Å². The van der Waals surface area contributed by atoms with Crippen LogP contribution in [0.15, 0.2) is 183 Å². The van der Waals surface area contributed by atoms with Gasteiger partial charge in [0, 0.05) is 108 Å². The van der Waals surface area contributed by atoms with Crippen LogP contribution in [-0.4, -0.2) is 179 Å².